The molecule has 0 fully saturated rings. The molecule has 0 bridgehead atoms. The first-order chi connectivity index (χ1) is 9.97. The van der Waals surface area contributed by atoms with Crippen LogP contribution in [0.5, 0.6) is 5.75 Å². The van der Waals surface area contributed by atoms with Gasteiger partial charge in [0.25, 0.3) is 0 Å². The maximum atomic E-state index is 6.28. The Kier molecular flexibility index (Phi) is 5.22. The largest absolute Gasteiger partial charge is 0.491 e. The number of nitrogens with zero attached hydrogens (tertiary/aromatic N) is 3. The van der Waals surface area contributed by atoms with Crippen molar-refractivity contribution >= 4 is 29.2 Å². The van der Waals surface area contributed by atoms with Gasteiger partial charge in [0.1, 0.15) is 17.5 Å². The lowest BCUT2D eigenvalue weighted by Gasteiger charge is -2.15. The lowest BCUT2D eigenvalue weighted by molar-refractivity contribution is 0.262. The summed E-state index contributed by atoms with van der Waals surface area (Å²) in [5, 5.41) is 0.781. The van der Waals surface area contributed by atoms with Gasteiger partial charge in [0.15, 0.2) is 0 Å². The molecule has 0 aliphatic carbocycles. The van der Waals surface area contributed by atoms with Gasteiger partial charge in [-0.1, -0.05) is 29.3 Å². The Bertz CT molecular complexity index is 614. The zero-order chi connectivity index (χ0) is 15.4. The van der Waals surface area contributed by atoms with Crippen molar-refractivity contribution in [3.8, 4) is 17.0 Å². The molecule has 0 aliphatic heterocycles. The van der Waals surface area contributed by atoms with E-state index in [2.05, 4.69) is 9.97 Å². The zero-order valence-corrected chi connectivity index (χ0v) is 13.3. The second-order valence-electron chi connectivity index (χ2n) is 4.70. The van der Waals surface area contributed by atoms with Crippen LogP contribution in [0.1, 0.15) is 0 Å². The van der Waals surface area contributed by atoms with Crippen LogP contribution in [0.15, 0.2) is 24.3 Å². The Hall–Kier alpha value is -1.56. The number of nitrogen functional groups attached to an aromatic ring is 1. The van der Waals surface area contributed by atoms with Gasteiger partial charge in [-0.25, -0.2) is 9.97 Å². The highest BCUT2D eigenvalue weighted by atomic mass is 35.5. The standard InChI is InChI=1S/C14H16Cl2N4O/c1-20(2)6-7-21-11-5-3-4-9(15)13(11)10-8-12(16)19-14(17)18-10/h3-5,8H,6-7H2,1-2H3,(H2,17,18,19). The highest BCUT2D eigenvalue weighted by molar-refractivity contribution is 6.34. The minimum absolute atomic E-state index is 0.0941. The summed E-state index contributed by atoms with van der Waals surface area (Å²) in [6, 6.07) is 7.03. The van der Waals surface area contributed by atoms with E-state index >= 15 is 0 Å². The molecule has 0 saturated carbocycles. The molecule has 0 radical (unpaired) electrons. The van der Waals surface area contributed by atoms with E-state index in [1.807, 2.05) is 31.1 Å². The second kappa shape index (κ2) is 6.93. The van der Waals surface area contributed by atoms with Crippen LogP contribution in [0.2, 0.25) is 10.2 Å². The van der Waals surface area contributed by atoms with Crippen LogP contribution in [0.25, 0.3) is 11.3 Å². The summed E-state index contributed by atoms with van der Waals surface area (Å²) in [4.78, 5) is 10.1. The monoisotopic (exact) mass is 326 g/mol. The molecule has 0 saturated heterocycles. The maximum absolute atomic E-state index is 6.28. The Balaban J connectivity index is 2.37. The van der Waals surface area contributed by atoms with Crippen LogP contribution in [0, 0.1) is 0 Å². The van der Waals surface area contributed by atoms with Gasteiger partial charge in [-0.05, 0) is 26.2 Å². The Morgan fingerprint density at radius 3 is 2.67 bits per heavy atom. The van der Waals surface area contributed by atoms with E-state index in [4.69, 9.17) is 33.7 Å². The van der Waals surface area contributed by atoms with Crippen molar-refractivity contribution in [3.63, 3.8) is 0 Å². The molecule has 112 valence electrons. The molecule has 0 unspecified atom stereocenters. The predicted octanol–water partition coefficient (Wildman–Crippen LogP) is 2.97. The van der Waals surface area contributed by atoms with Gasteiger partial charge in [0, 0.05) is 12.6 Å². The minimum Gasteiger partial charge on any atom is -0.491 e. The quantitative estimate of drug-likeness (QED) is 0.856. The highest BCUT2D eigenvalue weighted by Crippen LogP contribution is 2.36. The average molecular weight is 327 g/mol. The number of halogens is 2. The van der Waals surface area contributed by atoms with Gasteiger partial charge in [0.2, 0.25) is 5.95 Å². The Morgan fingerprint density at radius 1 is 1.24 bits per heavy atom. The highest BCUT2D eigenvalue weighted by Gasteiger charge is 2.14. The van der Waals surface area contributed by atoms with Gasteiger partial charge >= 0.3 is 0 Å². The van der Waals surface area contributed by atoms with Crippen molar-refractivity contribution in [2.24, 2.45) is 0 Å². The number of ether oxygens (including phenoxy) is 1. The first-order valence-corrected chi connectivity index (χ1v) is 7.09. The summed E-state index contributed by atoms with van der Waals surface area (Å²) in [6.45, 7) is 1.33. The van der Waals surface area contributed by atoms with Gasteiger partial charge in [-0.2, -0.15) is 0 Å². The van der Waals surface area contributed by atoms with Crippen molar-refractivity contribution in [1.29, 1.82) is 0 Å². The van der Waals surface area contributed by atoms with Crippen LogP contribution in [-0.4, -0.2) is 42.1 Å². The van der Waals surface area contributed by atoms with E-state index in [1.165, 1.54) is 0 Å². The van der Waals surface area contributed by atoms with Crippen LogP contribution < -0.4 is 10.5 Å². The molecule has 21 heavy (non-hydrogen) atoms. The summed E-state index contributed by atoms with van der Waals surface area (Å²) >= 11 is 12.2. The van der Waals surface area contributed by atoms with Gasteiger partial charge in [-0.3, -0.25) is 0 Å². The van der Waals surface area contributed by atoms with Crippen LogP contribution in [0.3, 0.4) is 0 Å². The lowest BCUT2D eigenvalue weighted by atomic mass is 10.1. The fourth-order valence-electron chi connectivity index (χ4n) is 1.77. The van der Waals surface area contributed by atoms with E-state index in [0.717, 1.165) is 6.54 Å². The fourth-order valence-corrected chi connectivity index (χ4v) is 2.23. The molecule has 0 atom stereocenters. The lowest BCUT2D eigenvalue weighted by Crippen LogP contribution is -2.19. The SMILES string of the molecule is CN(C)CCOc1cccc(Cl)c1-c1cc(Cl)nc(N)n1. The van der Waals surface area contributed by atoms with Crippen LogP contribution in [0.4, 0.5) is 5.95 Å². The number of hydrogen-bond acceptors (Lipinski definition) is 5. The Morgan fingerprint density at radius 2 is 2.00 bits per heavy atom. The molecule has 1 aromatic heterocycles. The van der Waals surface area contributed by atoms with Crippen molar-refractivity contribution in [2.45, 2.75) is 0 Å². The fraction of sp³-hybridized carbons (Fsp3) is 0.286. The van der Waals surface area contributed by atoms with Gasteiger partial charge in [-0.15, -0.1) is 0 Å². The molecule has 5 nitrogen and oxygen atoms in total. The minimum atomic E-state index is 0.0941. The second-order valence-corrected chi connectivity index (χ2v) is 5.49. The van der Waals surface area contributed by atoms with E-state index in [1.54, 1.807) is 12.1 Å². The number of nitrogens with two attached hydrogens (primary N) is 1. The van der Waals surface area contributed by atoms with E-state index in [-0.39, 0.29) is 11.1 Å². The summed E-state index contributed by atoms with van der Waals surface area (Å²) in [5.41, 5.74) is 6.84. The molecule has 0 amide bonds. The molecule has 1 aromatic carbocycles. The van der Waals surface area contributed by atoms with Gasteiger partial charge < -0.3 is 15.4 Å². The third-order valence-corrected chi connectivity index (χ3v) is 3.25. The van der Waals surface area contributed by atoms with E-state index in [9.17, 15) is 0 Å². The molecule has 0 aliphatic rings. The molecule has 2 N–H and O–H groups in total. The number of rotatable bonds is 5. The van der Waals surface area contributed by atoms with Crippen molar-refractivity contribution in [3.05, 3.63) is 34.4 Å². The molecule has 7 heteroatoms. The smallest absolute Gasteiger partial charge is 0.221 e. The topological polar surface area (TPSA) is 64.3 Å². The number of benzene rings is 1. The first kappa shape index (κ1) is 15.8. The summed E-state index contributed by atoms with van der Waals surface area (Å²) in [6.07, 6.45) is 0. The maximum Gasteiger partial charge on any atom is 0.221 e. The third-order valence-electron chi connectivity index (χ3n) is 2.74. The third kappa shape index (κ3) is 4.20. The normalized spacial score (nSPS) is 10.9. The van der Waals surface area contributed by atoms with Crippen LogP contribution >= 0.6 is 23.2 Å². The van der Waals surface area contributed by atoms with Gasteiger partial charge in [0.05, 0.1) is 16.3 Å². The zero-order valence-electron chi connectivity index (χ0n) is 11.8. The molecule has 1 heterocycles. The number of anilines is 1. The predicted molar refractivity (Wildman–Crippen MR) is 85.9 cm³/mol. The van der Waals surface area contributed by atoms with E-state index < -0.39 is 0 Å². The number of hydrogen-bond donors (Lipinski definition) is 1. The van der Waals surface area contributed by atoms with E-state index in [0.29, 0.717) is 28.6 Å². The molecular weight excluding hydrogens is 311 g/mol. The van der Waals surface area contributed by atoms with Crippen molar-refractivity contribution in [2.75, 3.05) is 33.0 Å². The van der Waals surface area contributed by atoms with Crippen molar-refractivity contribution < 1.29 is 4.74 Å². The number of likely N-dealkylation sites (N-methyl/N-ethyl adjacent to an activating group) is 1. The summed E-state index contributed by atoms with van der Waals surface area (Å²) < 4.78 is 5.79. The average Bonchev–Trinajstić information content (AvgIpc) is 2.37. The van der Waals surface area contributed by atoms with Crippen molar-refractivity contribution in [1.82, 2.24) is 14.9 Å². The Labute approximate surface area is 133 Å². The molecule has 0 spiro atoms. The number of aromatic nitrogens is 2. The first-order valence-electron chi connectivity index (χ1n) is 6.34. The molecule has 2 rings (SSSR count). The molecule has 2 aromatic rings. The summed E-state index contributed by atoms with van der Waals surface area (Å²) in [7, 11) is 3.96. The molecular formula is C14H16Cl2N4O. The summed E-state index contributed by atoms with van der Waals surface area (Å²) in [5.74, 6) is 0.732. The van der Waals surface area contributed by atoms with Crippen LogP contribution in [-0.2, 0) is 0 Å².